The second-order valence-electron chi connectivity index (χ2n) is 5.53. The van der Waals surface area contributed by atoms with Gasteiger partial charge in [-0.1, -0.05) is 33.3 Å². The molecule has 0 atom stereocenters. The monoisotopic (exact) mass is 428 g/mol. The first kappa shape index (κ1) is 16.9. The molecular weight excluding hydrogens is 416 g/mol. The first-order valence-corrected chi connectivity index (χ1v) is 9.51. The van der Waals surface area contributed by atoms with Gasteiger partial charge in [-0.3, -0.25) is 9.36 Å². The average Bonchev–Trinajstić information content (AvgIpc) is 3.11. The van der Waals surface area contributed by atoms with Crippen molar-refractivity contribution in [3.05, 3.63) is 67.3 Å². The van der Waals surface area contributed by atoms with E-state index in [1.165, 1.54) is 11.3 Å². The van der Waals surface area contributed by atoms with Crippen LogP contribution in [0.4, 0.5) is 5.82 Å². The molecule has 3 heterocycles. The van der Waals surface area contributed by atoms with Crippen LogP contribution in [-0.2, 0) is 11.3 Å². The maximum absolute atomic E-state index is 12.5. The number of carbonyl (C=O) groups is 1. The van der Waals surface area contributed by atoms with Gasteiger partial charge in [0.05, 0.1) is 10.9 Å². The van der Waals surface area contributed by atoms with Gasteiger partial charge in [0.2, 0.25) is 5.88 Å². The third kappa shape index (κ3) is 2.81. The number of amides is 1. The van der Waals surface area contributed by atoms with Crippen LogP contribution >= 0.6 is 27.3 Å². The Morgan fingerprint density at radius 1 is 1.31 bits per heavy atom. The summed E-state index contributed by atoms with van der Waals surface area (Å²) in [5, 5.41) is 12.0. The van der Waals surface area contributed by atoms with Gasteiger partial charge in [0.1, 0.15) is 4.88 Å². The van der Waals surface area contributed by atoms with E-state index >= 15 is 0 Å². The highest BCUT2D eigenvalue weighted by atomic mass is 79.9. The van der Waals surface area contributed by atoms with E-state index in [2.05, 4.69) is 30.9 Å². The highest BCUT2D eigenvalue weighted by molar-refractivity contribution is 9.10. The molecule has 1 aromatic carbocycles. The number of rotatable bonds is 3. The minimum atomic E-state index is -0.359. The lowest BCUT2D eigenvalue weighted by molar-refractivity contribution is -0.112. The number of hydrogen-bond donors (Lipinski definition) is 1. The molecule has 8 heteroatoms. The van der Waals surface area contributed by atoms with Crippen molar-refractivity contribution in [2.75, 3.05) is 0 Å². The van der Waals surface area contributed by atoms with Gasteiger partial charge in [-0.25, -0.2) is 15.0 Å². The van der Waals surface area contributed by atoms with Gasteiger partial charge in [0.25, 0.3) is 5.91 Å². The molecular formula is C18H13BrN4O2S. The summed E-state index contributed by atoms with van der Waals surface area (Å²) in [6.45, 7) is 2.42. The molecule has 1 aliphatic rings. The zero-order chi connectivity index (χ0) is 18.3. The number of hydrogen-bond acceptors (Lipinski definition) is 5. The summed E-state index contributed by atoms with van der Waals surface area (Å²) >= 11 is 4.67. The molecule has 6 nitrogen and oxygen atoms in total. The van der Waals surface area contributed by atoms with E-state index in [0.717, 1.165) is 4.47 Å². The number of nitrogens with zero attached hydrogens (tertiary/aromatic N) is 4. The fourth-order valence-corrected chi connectivity index (χ4v) is 4.27. The molecule has 4 rings (SSSR count). The minimum Gasteiger partial charge on any atom is -0.493 e. The van der Waals surface area contributed by atoms with Crippen molar-refractivity contribution in [3.63, 3.8) is 0 Å². The van der Waals surface area contributed by atoms with Crippen LogP contribution in [0.15, 0.2) is 57.1 Å². The second-order valence-corrected chi connectivity index (χ2v) is 7.43. The third-order valence-electron chi connectivity index (χ3n) is 3.95. The maximum atomic E-state index is 12.5. The Morgan fingerprint density at radius 3 is 2.88 bits per heavy atom. The second kappa shape index (κ2) is 6.62. The summed E-state index contributed by atoms with van der Waals surface area (Å²) in [5.41, 5.74) is 0.397. The molecule has 0 aliphatic carbocycles. The third-order valence-corrected chi connectivity index (χ3v) is 5.53. The number of carbonyl (C=O) groups excluding carboxylic acids is 1. The molecule has 0 saturated carbocycles. The topological polar surface area (TPSA) is 79.8 Å². The lowest BCUT2D eigenvalue weighted by Crippen LogP contribution is -2.22. The summed E-state index contributed by atoms with van der Waals surface area (Å²) in [6, 6.07) is 10.9. The number of thiazole rings is 1. The highest BCUT2D eigenvalue weighted by Gasteiger charge is 2.25. The van der Waals surface area contributed by atoms with Crippen LogP contribution in [0.2, 0.25) is 0 Å². The molecule has 26 heavy (non-hydrogen) atoms. The molecule has 1 amide bonds. The number of benzene rings is 1. The Bertz CT molecular complexity index is 1210. The predicted molar refractivity (Wildman–Crippen MR) is 102 cm³/mol. The fourth-order valence-electron chi connectivity index (χ4n) is 2.76. The summed E-state index contributed by atoms with van der Waals surface area (Å²) in [5.74, 6) is 0.193. The van der Waals surface area contributed by atoms with Crippen LogP contribution in [0.1, 0.15) is 11.8 Å². The van der Waals surface area contributed by atoms with Crippen LogP contribution in [0.3, 0.4) is 0 Å². The summed E-state index contributed by atoms with van der Waals surface area (Å²) in [6.07, 6.45) is 1.66. The van der Waals surface area contributed by atoms with E-state index in [1.54, 1.807) is 22.9 Å². The Labute approximate surface area is 160 Å². The van der Waals surface area contributed by atoms with E-state index in [9.17, 15) is 9.90 Å². The van der Waals surface area contributed by atoms with Crippen LogP contribution in [-0.4, -0.2) is 20.6 Å². The Morgan fingerprint density at radius 2 is 2.15 bits per heavy atom. The van der Waals surface area contributed by atoms with E-state index in [4.69, 9.17) is 0 Å². The number of fused-ring (bicyclic) bond motifs is 1. The van der Waals surface area contributed by atoms with Crippen LogP contribution in [0, 0.1) is 0 Å². The average molecular weight is 429 g/mol. The number of aromatic nitrogens is 2. The molecule has 1 N–H and O–H groups in total. The van der Waals surface area contributed by atoms with Gasteiger partial charge in [0, 0.05) is 22.4 Å². The van der Waals surface area contributed by atoms with Crippen molar-refractivity contribution in [2.24, 2.45) is 9.98 Å². The van der Waals surface area contributed by atoms with Gasteiger partial charge in [-0.15, -0.1) is 0 Å². The van der Waals surface area contributed by atoms with Gasteiger partial charge in [-0.05, 0) is 37.3 Å². The van der Waals surface area contributed by atoms with Gasteiger partial charge < -0.3 is 5.11 Å². The van der Waals surface area contributed by atoms with Crippen molar-refractivity contribution < 1.29 is 9.90 Å². The molecule has 130 valence electrons. The molecule has 0 bridgehead atoms. The molecule has 0 unspecified atom stereocenters. The lowest BCUT2D eigenvalue weighted by atomic mass is 10.1. The molecule has 0 saturated heterocycles. The minimum absolute atomic E-state index is 0.0126. The first-order chi connectivity index (χ1) is 12.6. The van der Waals surface area contributed by atoms with Crippen LogP contribution < -0.4 is 15.4 Å². The van der Waals surface area contributed by atoms with E-state index in [0.29, 0.717) is 38.2 Å². The van der Waals surface area contributed by atoms with E-state index in [-0.39, 0.29) is 11.8 Å². The Hall–Kier alpha value is -2.58. The smallest absolute Gasteiger partial charge is 0.279 e. The van der Waals surface area contributed by atoms with Crippen molar-refractivity contribution in [1.29, 1.82) is 0 Å². The molecule has 0 radical (unpaired) electrons. The van der Waals surface area contributed by atoms with Gasteiger partial charge in [0.15, 0.2) is 10.6 Å². The summed E-state index contributed by atoms with van der Waals surface area (Å²) in [7, 11) is 0. The quantitative estimate of drug-likeness (QED) is 0.692. The lowest BCUT2D eigenvalue weighted by Gasteiger charge is -2.01. The maximum Gasteiger partial charge on any atom is 0.279 e. The summed E-state index contributed by atoms with van der Waals surface area (Å²) in [4.78, 5) is 26.3. The van der Waals surface area contributed by atoms with Gasteiger partial charge in [-0.2, -0.15) is 0 Å². The van der Waals surface area contributed by atoms with Crippen LogP contribution in [0.5, 0.6) is 5.88 Å². The van der Waals surface area contributed by atoms with Crippen molar-refractivity contribution in [2.45, 2.75) is 13.5 Å². The van der Waals surface area contributed by atoms with Crippen molar-refractivity contribution >= 4 is 44.6 Å². The van der Waals surface area contributed by atoms with Crippen molar-refractivity contribution in [1.82, 2.24) is 9.55 Å². The summed E-state index contributed by atoms with van der Waals surface area (Å²) < 4.78 is 2.50. The molecule has 1 aliphatic heterocycles. The normalized spacial score (nSPS) is 13.8. The van der Waals surface area contributed by atoms with Crippen LogP contribution in [0.25, 0.3) is 5.57 Å². The largest absolute Gasteiger partial charge is 0.493 e. The predicted octanol–water partition coefficient (Wildman–Crippen LogP) is 2.02. The highest BCUT2D eigenvalue weighted by Crippen LogP contribution is 2.28. The number of halogens is 1. The zero-order valence-electron chi connectivity index (χ0n) is 13.7. The number of pyridine rings is 1. The number of aromatic hydroxyl groups is 1. The molecule has 0 spiro atoms. The van der Waals surface area contributed by atoms with E-state index in [1.807, 2.05) is 31.2 Å². The molecule has 2 aromatic heterocycles. The first-order valence-electron chi connectivity index (χ1n) is 7.90. The molecule has 0 fully saturated rings. The SMILES string of the molecule is CCn1c(O)c(C2=c3cc(Br)ccc3=NC2=O)s/c1=N/c1ccccn1. The van der Waals surface area contributed by atoms with E-state index < -0.39 is 0 Å². The van der Waals surface area contributed by atoms with Gasteiger partial charge >= 0.3 is 0 Å². The Balaban J connectivity index is 2.00. The Kier molecular flexibility index (Phi) is 4.29. The molecule has 3 aromatic rings. The zero-order valence-corrected chi connectivity index (χ0v) is 16.1. The fraction of sp³-hybridized carbons (Fsp3) is 0.111. The standard InChI is InChI=1S/C18H13BrN4O2S/c1-2-23-17(25)15(26-18(23)22-13-5-3-4-8-20-13)14-11-9-10(19)6-7-12(11)21-16(14)24/h3-9,25H,2H2,1H3/b22-18+. The van der Waals surface area contributed by atoms with Crippen molar-refractivity contribution in [3.8, 4) is 5.88 Å².